The van der Waals surface area contributed by atoms with Crippen LogP contribution < -0.4 is 9.62 Å². The summed E-state index contributed by atoms with van der Waals surface area (Å²) in [4.78, 5) is 2.26. The topological polar surface area (TPSA) is 49.4 Å². The first kappa shape index (κ1) is 17.5. The van der Waals surface area contributed by atoms with Gasteiger partial charge in [-0.1, -0.05) is 18.2 Å². The minimum Gasteiger partial charge on any atom is -0.341 e. The van der Waals surface area contributed by atoms with E-state index in [1.165, 1.54) is 30.3 Å². The fourth-order valence-electron chi connectivity index (χ4n) is 3.31. The molecule has 3 aromatic rings. The lowest BCUT2D eigenvalue weighted by Crippen LogP contribution is -2.15. The molecule has 3 aromatic carbocycles. The van der Waals surface area contributed by atoms with E-state index in [0.29, 0.717) is 11.3 Å². The van der Waals surface area contributed by atoms with E-state index < -0.39 is 15.8 Å². The van der Waals surface area contributed by atoms with Gasteiger partial charge >= 0.3 is 0 Å². The third-order valence-electron chi connectivity index (χ3n) is 4.76. The minimum atomic E-state index is -3.76. The average Bonchev–Trinajstić information content (AvgIpc) is 3.08. The molecule has 6 heteroatoms. The molecule has 0 unspecified atom stereocenters. The number of rotatable bonds is 4. The van der Waals surface area contributed by atoms with Crippen LogP contribution in [-0.2, 0) is 16.4 Å². The van der Waals surface area contributed by atoms with E-state index in [-0.39, 0.29) is 4.90 Å². The highest BCUT2D eigenvalue weighted by molar-refractivity contribution is 7.92. The molecule has 0 spiro atoms. The molecule has 1 N–H and O–H groups in total. The van der Waals surface area contributed by atoms with E-state index in [2.05, 4.69) is 21.8 Å². The minimum absolute atomic E-state index is 0.0407. The molecule has 0 bridgehead atoms. The molecule has 0 atom stereocenters. The number of nitrogens with zero attached hydrogens (tertiary/aromatic N) is 1. The Morgan fingerprint density at radius 1 is 1.00 bits per heavy atom. The second-order valence-electron chi connectivity index (χ2n) is 6.59. The van der Waals surface area contributed by atoms with E-state index in [4.69, 9.17) is 0 Å². The fraction of sp³-hybridized carbons (Fsp3) is 0.143. The van der Waals surface area contributed by atoms with Crippen molar-refractivity contribution in [3.05, 3.63) is 83.7 Å². The van der Waals surface area contributed by atoms with E-state index in [1.54, 1.807) is 12.1 Å². The lowest BCUT2D eigenvalue weighted by molar-refractivity contribution is 0.598. The molecule has 27 heavy (non-hydrogen) atoms. The van der Waals surface area contributed by atoms with Crippen molar-refractivity contribution < 1.29 is 12.8 Å². The maximum atomic E-state index is 13.4. The predicted octanol–water partition coefficient (Wildman–Crippen LogP) is 4.63. The molecule has 1 heterocycles. The number of benzene rings is 3. The highest BCUT2D eigenvalue weighted by Crippen LogP contribution is 2.34. The summed E-state index contributed by atoms with van der Waals surface area (Å²) < 4.78 is 41.0. The number of halogens is 1. The molecule has 0 amide bonds. The summed E-state index contributed by atoms with van der Waals surface area (Å²) in [5, 5.41) is 0. The van der Waals surface area contributed by atoms with Gasteiger partial charge in [-0.2, -0.15) is 0 Å². The van der Waals surface area contributed by atoms with Crippen molar-refractivity contribution in [2.45, 2.75) is 18.2 Å². The second kappa shape index (κ2) is 6.70. The van der Waals surface area contributed by atoms with Crippen LogP contribution in [0.2, 0.25) is 0 Å². The number of nitrogens with one attached hydrogen (secondary N) is 1. The molecule has 138 valence electrons. The number of para-hydroxylation sites is 1. The standard InChI is InChI=1S/C21H19FN2O2S/c1-15-14-19(10-11-20(15)22)27(25,26)23-17-6-8-18(9-7-17)24-13-12-16-4-2-3-5-21(16)24/h2-11,14,23H,12-13H2,1H3. The fourth-order valence-corrected chi connectivity index (χ4v) is 4.46. The van der Waals surface area contributed by atoms with Crippen LogP contribution in [0.25, 0.3) is 0 Å². The summed E-state index contributed by atoms with van der Waals surface area (Å²) in [5.41, 5.74) is 4.27. The van der Waals surface area contributed by atoms with E-state index in [0.717, 1.165) is 24.7 Å². The van der Waals surface area contributed by atoms with Crippen molar-refractivity contribution in [3.63, 3.8) is 0 Å². The van der Waals surface area contributed by atoms with Crippen LogP contribution in [-0.4, -0.2) is 15.0 Å². The third kappa shape index (κ3) is 3.40. The monoisotopic (exact) mass is 382 g/mol. The van der Waals surface area contributed by atoms with E-state index in [1.807, 2.05) is 24.3 Å². The normalized spacial score (nSPS) is 13.5. The summed E-state index contributed by atoms with van der Waals surface area (Å²) in [6.07, 6.45) is 0.995. The number of aryl methyl sites for hydroxylation is 1. The maximum Gasteiger partial charge on any atom is 0.261 e. The molecule has 0 saturated heterocycles. The first-order chi connectivity index (χ1) is 12.9. The Morgan fingerprint density at radius 2 is 1.74 bits per heavy atom. The van der Waals surface area contributed by atoms with Gasteiger partial charge in [-0.25, -0.2) is 12.8 Å². The number of anilines is 3. The zero-order valence-electron chi connectivity index (χ0n) is 14.8. The molecule has 1 aliphatic rings. The summed E-state index contributed by atoms with van der Waals surface area (Å²) in [5.74, 6) is -0.427. The molecule has 0 aromatic heterocycles. The van der Waals surface area contributed by atoms with E-state index >= 15 is 0 Å². The van der Waals surface area contributed by atoms with Gasteiger partial charge in [0.05, 0.1) is 4.90 Å². The highest BCUT2D eigenvalue weighted by Gasteiger charge is 2.20. The molecule has 0 aliphatic carbocycles. The van der Waals surface area contributed by atoms with Crippen molar-refractivity contribution in [2.75, 3.05) is 16.2 Å². The van der Waals surface area contributed by atoms with Gasteiger partial charge < -0.3 is 4.90 Å². The lowest BCUT2D eigenvalue weighted by Gasteiger charge is -2.20. The lowest BCUT2D eigenvalue weighted by atomic mass is 10.2. The van der Waals surface area contributed by atoms with Gasteiger partial charge in [0.1, 0.15) is 5.82 Å². The van der Waals surface area contributed by atoms with Gasteiger partial charge in [0.25, 0.3) is 10.0 Å². The van der Waals surface area contributed by atoms with Gasteiger partial charge in [0.15, 0.2) is 0 Å². The Bertz CT molecular complexity index is 1100. The number of hydrogen-bond donors (Lipinski definition) is 1. The van der Waals surface area contributed by atoms with Gasteiger partial charge in [0.2, 0.25) is 0 Å². The molecular weight excluding hydrogens is 363 g/mol. The zero-order chi connectivity index (χ0) is 19.0. The largest absolute Gasteiger partial charge is 0.341 e. The smallest absolute Gasteiger partial charge is 0.261 e. The van der Waals surface area contributed by atoms with Crippen molar-refractivity contribution >= 4 is 27.1 Å². The van der Waals surface area contributed by atoms with Crippen molar-refractivity contribution in [1.82, 2.24) is 0 Å². The van der Waals surface area contributed by atoms with Crippen LogP contribution in [0.15, 0.2) is 71.6 Å². The summed E-state index contributed by atoms with van der Waals surface area (Å²) in [6.45, 7) is 2.44. The van der Waals surface area contributed by atoms with Crippen molar-refractivity contribution in [1.29, 1.82) is 0 Å². The van der Waals surface area contributed by atoms with Crippen molar-refractivity contribution in [2.24, 2.45) is 0 Å². The SMILES string of the molecule is Cc1cc(S(=O)(=O)Nc2ccc(N3CCc4ccccc43)cc2)ccc1F. The Balaban J connectivity index is 1.55. The molecule has 0 saturated carbocycles. The molecule has 4 nitrogen and oxygen atoms in total. The zero-order valence-corrected chi connectivity index (χ0v) is 15.6. The van der Waals surface area contributed by atoms with Gasteiger partial charge in [-0.15, -0.1) is 0 Å². The Kier molecular flexibility index (Phi) is 4.36. The van der Waals surface area contributed by atoms with Gasteiger partial charge in [-0.3, -0.25) is 4.72 Å². The molecule has 4 rings (SSSR count). The number of fused-ring (bicyclic) bond motifs is 1. The number of hydrogen-bond acceptors (Lipinski definition) is 3. The van der Waals surface area contributed by atoms with Crippen LogP contribution in [0.3, 0.4) is 0 Å². The predicted molar refractivity (Wildman–Crippen MR) is 106 cm³/mol. The Morgan fingerprint density at radius 3 is 2.48 bits per heavy atom. The summed E-state index contributed by atoms with van der Waals surface area (Å²) in [6, 6.07) is 19.3. The Hall–Kier alpha value is -2.86. The van der Waals surface area contributed by atoms with Crippen LogP contribution in [0.4, 0.5) is 21.5 Å². The van der Waals surface area contributed by atoms with Gasteiger partial charge in [0, 0.05) is 23.6 Å². The Labute approximate surface area is 158 Å². The second-order valence-corrected chi connectivity index (χ2v) is 8.28. The van der Waals surface area contributed by atoms with E-state index in [9.17, 15) is 12.8 Å². The molecule has 0 radical (unpaired) electrons. The molecule has 1 aliphatic heterocycles. The van der Waals surface area contributed by atoms with Crippen LogP contribution in [0.1, 0.15) is 11.1 Å². The first-order valence-electron chi connectivity index (χ1n) is 8.68. The van der Waals surface area contributed by atoms with Crippen LogP contribution >= 0.6 is 0 Å². The summed E-state index contributed by atoms with van der Waals surface area (Å²) >= 11 is 0. The van der Waals surface area contributed by atoms with Gasteiger partial charge in [-0.05, 0) is 73.0 Å². The quantitative estimate of drug-likeness (QED) is 0.716. The van der Waals surface area contributed by atoms with Crippen LogP contribution in [0, 0.1) is 12.7 Å². The highest BCUT2D eigenvalue weighted by atomic mass is 32.2. The third-order valence-corrected chi connectivity index (χ3v) is 6.14. The number of sulfonamides is 1. The summed E-state index contributed by atoms with van der Waals surface area (Å²) in [7, 11) is -3.76. The average molecular weight is 382 g/mol. The van der Waals surface area contributed by atoms with Crippen molar-refractivity contribution in [3.8, 4) is 0 Å². The maximum absolute atomic E-state index is 13.4. The molecular formula is C21H19FN2O2S. The van der Waals surface area contributed by atoms with Crippen LogP contribution in [0.5, 0.6) is 0 Å². The molecule has 0 fully saturated rings. The first-order valence-corrected chi connectivity index (χ1v) is 10.2.